The molecule has 3 heterocycles. The smallest absolute Gasteiger partial charge is 0.250 e. The molecule has 5 rings (SSSR count). The fourth-order valence-corrected chi connectivity index (χ4v) is 5.71. The lowest BCUT2D eigenvalue weighted by atomic mass is 9.75. The van der Waals surface area contributed by atoms with Crippen LogP contribution in [0.4, 0.5) is 5.69 Å². The van der Waals surface area contributed by atoms with Gasteiger partial charge in [-0.15, -0.1) is 0 Å². The highest BCUT2D eigenvalue weighted by Crippen LogP contribution is 2.54. The molecule has 3 amide bonds. The second kappa shape index (κ2) is 7.82. The molecular formula is C25H27N3O6. The second-order valence-electron chi connectivity index (χ2n) is 9.29. The minimum atomic E-state index is -1.38. The molecule has 34 heavy (non-hydrogen) atoms. The Labute approximate surface area is 196 Å². The highest BCUT2D eigenvalue weighted by Gasteiger charge is 2.70. The molecule has 0 aliphatic carbocycles. The third-order valence-corrected chi connectivity index (χ3v) is 7.53. The van der Waals surface area contributed by atoms with Crippen molar-refractivity contribution in [2.24, 2.45) is 11.8 Å². The maximum absolute atomic E-state index is 13.6. The average molecular weight is 466 g/mol. The molecule has 1 spiro atoms. The van der Waals surface area contributed by atoms with Crippen LogP contribution in [0.3, 0.4) is 0 Å². The summed E-state index contributed by atoms with van der Waals surface area (Å²) >= 11 is 0. The van der Waals surface area contributed by atoms with Crippen LogP contribution in [-0.4, -0.2) is 59.1 Å². The van der Waals surface area contributed by atoms with E-state index in [1.807, 2.05) is 26.0 Å². The summed E-state index contributed by atoms with van der Waals surface area (Å²) in [7, 11) is 1.50. The third-order valence-electron chi connectivity index (χ3n) is 7.53. The molecule has 9 nitrogen and oxygen atoms in total. The lowest BCUT2D eigenvalue weighted by molar-refractivity contribution is -0.143. The Balaban J connectivity index is 1.62. The summed E-state index contributed by atoms with van der Waals surface area (Å²) in [5.74, 6) is -3.27. The normalized spacial score (nSPS) is 27.4. The number of hydrogen-bond acceptors (Lipinski definition) is 7. The van der Waals surface area contributed by atoms with Gasteiger partial charge in [0.25, 0.3) is 0 Å². The van der Waals surface area contributed by atoms with Gasteiger partial charge in [-0.1, -0.05) is 18.2 Å². The summed E-state index contributed by atoms with van der Waals surface area (Å²) in [4.78, 5) is 41.9. The number of imide groups is 1. The van der Waals surface area contributed by atoms with Crippen molar-refractivity contribution in [3.8, 4) is 11.5 Å². The molecule has 3 aliphatic rings. The Morgan fingerprint density at radius 3 is 2.53 bits per heavy atom. The van der Waals surface area contributed by atoms with E-state index in [1.165, 1.54) is 24.1 Å². The molecule has 0 aromatic heterocycles. The van der Waals surface area contributed by atoms with Gasteiger partial charge in [0.15, 0.2) is 11.5 Å². The van der Waals surface area contributed by atoms with E-state index >= 15 is 0 Å². The highest BCUT2D eigenvalue weighted by molar-refractivity contribution is 6.15. The van der Waals surface area contributed by atoms with E-state index in [0.717, 1.165) is 11.1 Å². The fourth-order valence-electron chi connectivity index (χ4n) is 5.71. The topological polar surface area (TPSA) is 128 Å². The number of carbonyl (C=O) groups is 3. The van der Waals surface area contributed by atoms with Crippen LogP contribution in [0.15, 0.2) is 30.3 Å². The number of carbonyl (C=O) groups excluding carboxylic acids is 3. The number of nitrogens with one attached hydrogen (secondary N) is 2. The van der Waals surface area contributed by atoms with Gasteiger partial charge in [-0.2, -0.15) is 0 Å². The van der Waals surface area contributed by atoms with Crippen LogP contribution in [0.5, 0.6) is 11.5 Å². The van der Waals surface area contributed by atoms with Gasteiger partial charge in [0.05, 0.1) is 25.0 Å². The van der Waals surface area contributed by atoms with E-state index in [9.17, 15) is 24.6 Å². The molecular weight excluding hydrogens is 438 g/mol. The van der Waals surface area contributed by atoms with Crippen LogP contribution >= 0.6 is 0 Å². The van der Waals surface area contributed by atoms with Gasteiger partial charge in [0.1, 0.15) is 5.54 Å². The first-order valence-corrected chi connectivity index (χ1v) is 11.3. The number of nitrogens with zero attached hydrogens (tertiary/aromatic N) is 1. The van der Waals surface area contributed by atoms with Crippen LogP contribution in [0, 0.1) is 25.7 Å². The number of amides is 3. The maximum Gasteiger partial charge on any atom is 0.250 e. The number of fused-ring (bicyclic) bond motifs is 4. The molecule has 2 aromatic carbocycles. The van der Waals surface area contributed by atoms with E-state index in [4.69, 9.17) is 4.74 Å². The molecule has 178 valence electrons. The average Bonchev–Trinajstić information content (AvgIpc) is 3.37. The molecule has 2 saturated heterocycles. The Kier molecular flexibility index (Phi) is 5.14. The maximum atomic E-state index is 13.6. The summed E-state index contributed by atoms with van der Waals surface area (Å²) in [5, 5.41) is 26.0. The van der Waals surface area contributed by atoms with Gasteiger partial charge >= 0.3 is 0 Å². The van der Waals surface area contributed by atoms with E-state index < -0.39 is 29.3 Å². The van der Waals surface area contributed by atoms with Crippen LogP contribution in [0.1, 0.15) is 22.3 Å². The second-order valence-corrected chi connectivity index (χ2v) is 9.29. The Bertz CT molecular complexity index is 1230. The molecule has 0 bridgehead atoms. The molecule has 4 atom stereocenters. The number of ether oxygens (including phenoxy) is 1. The minimum absolute atomic E-state index is 0.116. The zero-order valence-electron chi connectivity index (χ0n) is 19.2. The van der Waals surface area contributed by atoms with Crippen molar-refractivity contribution in [3.63, 3.8) is 0 Å². The SMILES string of the molecule is COCCN1C(=O)[C@H]2[C@@H](C1=O)[C@@]1(N[C@@H]2Cc2ccc(O)c(O)c2)C(=O)Nc2c1ccc(C)c2C. The van der Waals surface area contributed by atoms with E-state index in [-0.39, 0.29) is 42.9 Å². The summed E-state index contributed by atoms with van der Waals surface area (Å²) < 4.78 is 5.10. The van der Waals surface area contributed by atoms with Gasteiger partial charge in [0.2, 0.25) is 17.7 Å². The fraction of sp³-hybridized carbons (Fsp3) is 0.400. The number of hydrogen-bond donors (Lipinski definition) is 4. The van der Waals surface area contributed by atoms with Crippen molar-refractivity contribution in [1.82, 2.24) is 10.2 Å². The summed E-state index contributed by atoms with van der Waals surface area (Å²) in [5.41, 5.74) is 2.56. The molecule has 4 N–H and O–H groups in total. The van der Waals surface area contributed by atoms with Crippen molar-refractivity contribution in [3.05, 3.63) is 52.6 Å². The first-order chi connectivity index (χ1) is 16.2. The van der Waals surface area contributed by atoms with Gasteiger partial charge in [-0.3, -0.25) is 24.6 Å². The monoisotopic (exact) mass is 465 g/mol. The van der Waals surface area contributed by atoms with Crippen molar-refractivity contribution < 1.29 is 29.3 Å². The lowest BCUT2D eigenvalue weighted by Gasteiger charge is -2.29. The largest absolute Gasteiger partial charge is 0.504 e. The summed E-state index contributed by atoms with van der Waals surface area (Å²) in [6.45, 7) is 4.19. The number of aromatic hydroxyl groups is 2. The van der Waals surface area contributed by atoms with Crippen molar-refractivity contribution in [2.45, 2.75) is 31.8 Å². The lowest BCUT2D eigenvalue weighted by Crippen LogP contribution is -2.53. The number of benzene rings is 2. The first kappa shape index (κ1) is 22.4. The molecule has 0 unspecified atom stereocenters. The number of aryl methyl sites for hydroxylation is 1. The predicted octanol–water partition coefficient (Wildman–Crippen LogP) is 1.32. The predicted molar refractivity (Wildman–Crippen MR) is 122 cm³/mol. The zero-order chi connectivity index (χ0) is 24.4. The molecule has 2 fully saturated rings. The van der Waals surface area contributed by atoms with Crippen LogP contribution in [0.25, 0.3) is 0 Å². The molecule has 2 aromatic rings. The number of likely N-dealkylation sites (tertiary alicyclic amines) is 1. The summed E-state index contributed by atoms with van der Waals surface area (Å²) in [6, 6.07) is 7.68. The Morgan fingerprint density at radius 2 is 1.82 bits per heavy atom. The van der Waals surface area contributed by atoms with E-state index in [0.29, 0.717) is 16.8 Å². The van der Waals surface area contributed by atoms with Gasteiger partial charge in [-0.05, 0) is 49.1 Å². The van der Waals surface area contributed by atoms with E-state index in [2.05, 4.69) is 10.6 Å². The highest BCUT2D eigenvalue weighted by atomic mass is 16.5. The molecule has 9 heteroatoms. The third kappa shape index (κ3) is 2.97. The number of anilines is 1. The van der Waals surface area contributed by atoms with E-state index in [1.54, 1.807) is 6.07 Å². The van der Waals surface area contributed by atoms with Crippen molar-refractivity contribution in [2.75, 3.05) is 25.6 Å². The van der Waals surface area contributed by atoms with Crippen molar-refractivity contribution in [1.29, 1.82) is 0 Å². The van der Waals surface area contributed by atoms with Crippen LogP contribution in [-0.2, 0) is 31.1 Å². The van der Waals surface area contributed by atoms with Crippen molar-refractivity contribution >= 4 is 23.4 Å². The molecule has 0 saturated carbocycles. The molecule has 0 radical (unpaired) electrons. The molecule has 3 aliphatic heterocycles. The van der Waals surface area contributed by atoms with Crippen LogP contribution in [0.2, 0.25) is 0 Å². The number of phenolic OH excluding ortho intramolecular Hbond substituents is 2. The van der Waals surface area contributed by atoms with Gasteiger partial charge < -0.3 is 20.3 Å². The first-order valence-electron chi connectivity index (χ1n) is 11.3. The quantitative estimate of drug-likeness (QED) is 0.387. The number of phenols is 2. The van der Waals surface area contributed by atoms with Gasteiger partial charge in [0, 0.05) is 24.4 Å². The zero-order valence-corrected chi connectivity index (χ0v) is 19.2. The number of methoxy groups -OCH3 is 1. The minimum Gasteiger partial charge on any atom is -0.504 e. The summed E-state index contributed by atoms with van der Waals surface area (Å²) in [6.07, 6.45) is 0.279. The van der Waals surface area contributed by atoms with Gasteiger partial charge in [-0.25, -0.2) is 0 Å². The Morgan fingerprint density at radius 1 is 1.06 bits per heavy atom. The Hall–Kier alpha value is -3.43. The number of rotatable bonds is 5. The van der Waals surface area contributed by atoms with Crippen LogP contribution < -0.4 is 10.6 Å². The standard InChI is InChI=1S/C25H27N3O6/c1-12-4-6-15-21(13(12)2)26-24(33)25(15)20-19(22(31)28(23(20)32)8-9-34-3)16(27-25)10-14-5-7-17(29)18(30)11-14/h4-7,11,16,19-20,27,29-30H,8-10H2,1-3H3,(H,26,33)/t16-,19-,20+,25-/m1/s1.